The fourth-order valence-corrected chi connectivity index (χ4v) is 2.33. The zero-order valence-corrected chi connectivity index (χ0v) is 13.9. The smallest absolute Gasteiger partial charge is 0.243 e. The Morgan fingerprint density at radius 3 is 2.68 bits per heavy atom. The lowest BCUT2D eigenvalue weighted by molar-refractivity contribution is -0.118. The van der Waals surface area contributed by atoms with Crippen molar-refractivity contribution >= 4 is 35.8 Å². The summed E-state index contributed by atoms with van der Waals surface area (Å²) in [4.78, 5) is 12.8. The first-order chi connectivity index (χ1) is 10.1. The fraction of sp³-hybridized carbons (Fsp3) is 0.308. The largest absolute Gasteiger partial charge is 0.383 e. The molecule has 1 aromatic heterocycles. The average molecular weight is 344 g/mol. The van der Waals surface area contributed by atoms with Crippen LogP contribution in [0, 0.1) is 0 Å². The minimum absolute atomic E-state index is 0. The molecule has 0 radical (unpaired) electrons. The van der Waals surface area contributed by atoms with Gasteiger partial charge in [-0.25, -0.2) is 0 Å². The lowest BCUT2D eigenvalue weighted by Gasteiger charge is -2.11. The molecule has 1 atom stereocenters. The molecule has 0 fully saturated rings. The molecule has 0 aliphatic carbocycles. The number of nitrogens with two attached hydrogens (primary N) is 1. The Bertz CT molecular complexity index is 605. The van der Waals surface area contributed by atoms with Crippen LogP contribution in [0.3, 0.4) is 0 Å². The van der Waals surface area contributed by atoms with E-state index in [2.05, 4.69) is 15.5 Å². The maximum absolute atomic E-state index is 11.7. The molecule has 0 saturated heterocycles. The van der Waals surface area contributed by atoms with Crippen LogP contribution in [0.5, 0.6) is 0 Å². The van der Waals surface area contributed by atoms with Gasteiger partial charge in [0.2, 0.25) is 5.91 Å². The van der Waals surface area contributed by atoms with Gasteiger partial charge >= 0.3 is 0 Å². The summed E-state index contributed by atoms with van der Waals surface area (Å²) in [5.41, 5.74) is 6.34. The molecule has 2 aromatic rings. The molecule has 0 aliphatic rings. The highest BCUT2D eigenvalue weighted by Crippen LogP contribution is 2.26. The van der Waals surface area contributed by atoms with E-state index in [4.69, 9.17) is 10.5 Å². The molecule has 3 N–H and O–H groups in total. The molecule has 7 nitrogen and oxygen atoms in total. The van der Waals surface area contributed by atoms with Gasteiger partial charge in [-0.3, -0.25) is 4.79 Å². The third-order valence-corrected chi connectivity index (χ3v) is 3.74. The Kier molecular flexibility index (Phi) is 7.33. The number of halogens is 1. The van der Waals surface area contributed by atoms with Crippen molar-refractivity contribution in [1.82, 2.24) is 14.8 Å². The zero-order chi connectivity index (χ0) is 15.2. The minimum Gasteiger partial charge on any atom is -0.383 e. The van der Waals surface area contributed by atoms with Crippen LogP contribution in [0.2, 0.25) is 0 Å². The van der Waals surface area contributed by atoms with Crippen molar-refractivity contribution in [3.05, 3.63) is 30.6 Å². The number of carbonyl (C=O) groups excluding carboxylic acids is 1. The molecule has 1 aromatic carbocycles. The monoisotopic (exact) mass is 343 g/mol. The lowest BCUT2D eigenvalue weighted by Crippen LogP contribution is -2.39. The number of hydrogen-bond donors (Lipinski definition) is 2. The molecule has 120 valence electrons. The van der Waals surface area contributed by atoms with Crippen molar-refractivity contribution in [3.63, 3.8) is 0 Å². The van der Waals surface area contributed by atoms with Crippen molar-refractivity contribution in [1.29, 1.82) is 0 Å². The Morgan fingerprint density at radius 1 is 1.45 bits per heavy atom. The van der Waals surface area contributed by atoms with Crippen LogP contribution in [0.15, 0.2) is 40.6 Å². The van der Waals surface area contributed by atoms with E-state index in [1.165, 1.54) is 18.9 Å². The molecule has 1 amide bonds. The molecule has 2 rings (SSSR count). The van der Waals surface area contributed by atoms with Crippen LogP contribution in [0.4, 0.5) is 5.69 Å². The Morgan fingerprint density at radius 2 is 2.14 bits per heavy atom. The van der Waals surface area contributed by atoms with E-state index in [-0.39, 0.29) is 24.9 Å². The van der Waals surface area contributed by atoms with Crippen molar-refractivity contribution in [3.8, 4) is 0 Å². The predicted octanol–water partition coefficient (Wildman–Crippen LogP) is 1.30. The van der Waals surface area contributed by atoms with Crippen LogP contribution in [0.25, 0.3) is 0 Å². The number of amides is 1. The second-order valence-corrected chi connectivity index (χ2v) is 5.44. The number of aromatic nitrogens is 3. The quantitative estimate of drug-likeness (QED) is 0.821. The summed E-state index contributed by atoms with van der Waals surface area (Å²) in [5.74, 6) is -0.273. The van der Waals surface area contributed by atoms with Gasteiger partial charge in [-0.05, 0) is 36.0 Å². The van der Waals surface area contributed by atoms with E-state index in [0.717, 1.165) is 10.1 Å². The zero-order valence-electron chi connectivity index (χ0n) is 12.2. The molecule has 1 heterocycles. The van der Waals surface area contributed by atoms with Crippen molar-refractivity contribution in [2.75, 3.05) is 19.0 Å². The van der Waals surface area contributed by atoms with Gasteiger partial charge in [0.25, 0.3) is 0 Å². The Labute approximate surface area is 139 Å². The third-order valence-electron chi connectivity index (χ3n) is 2.68. The summed E-state index contributed by atoms with van der Waals surface area (Å²) < 4.78 is 6.68. The SMILES string of the molecule is COCC(N)C(=O)Nc1ccc(Sc2nncn2C)cc1.Cl. The van der Waals surface area contributed by atoms with Crippen molar-refractivity contribution in [2.24, 2.45) is 12.8 Å². The standard InChI is InChI=1S/C13H17N5O2S.ClH/c1-18-8-15-17-13(18)21-10-5-3-9(4-6-10)16-12(19)11(14)7-20-2;/h3-6,8,11H,7,14H2,1-2H3,(H,16,19);1H. The summed E-state index contributed by atoms with van der Waals surface area (Å²) in [6.07, 6.45) is 1.65. The van der Waals surface area contributed by atoms with Gasteiger partial charge in [0.05, 0.1) is 6.61 Å². The number of ether oxygens (including phenoxy) is 1. The molecular weight excluding hydrogens is 326 g/mol. The number of nitrogens with one attached hydrogen (secondary N) is 1. The Balaban J connectivity index is 0.00000242. The van der Waals surface area contributed by atoms with Crippen LogP contribution in [-0.2, 0) is 16.6 Å². The summed E-state index contributed by atoms with van der Waals surface area (Å²) >= 11 is 1.49. The van der Waals surface area contributed by atoms with Crippen LogP contribution < -0.4 is 11.1 Å². The topological polar surface area (TPSA) is 95.1 Å². The molecule has 0 spiro atoms. The van der Waals surface area contributed by atoms with Gasteiger partial charge in [-0.2, -0.15) is 0 Å². The maximum Gasteiger partial charge on any atom is 0.243 e. The van der Waals surface area contributed by atoms with E-state index < -0.39 is 6.04 Å². The van der Waals surface area contributed by atoms with Crippen molar-refractivity contribution < 1.29 is 9.53 Å². The van der Waals surface area contributed by atoms with Gasteiger partial charge in [0.15, 0.2) is 5.16 Å². The minimum atomic E-state index is -0.678. The molecule has 0 aliphatic heterocycles. The van der Waals surface area contributed by atoms with E-state index in [0.29, 0.717) is 5.69 Å². The van der Waals surface area contributed by atoms with Gasteiger partial charge in [0.1, 0.15) is 12.4 Å². The number of rotatable bonds is 6. The van der Waals surface area contributed by atoms with E-state index in [1.807, 2.05) is 35.9 Å². The highest BCUT2D eigenvalue weighted by atomic mass is 35.5. The van der Waals surface area contributed by atoms with E-state index in [1.54, 1.807) is 6.33 Å². The highest BCUT2D eigenvalue weighted by molar-refractivity contribution is 7.99. The number of aryl methyl sites for hydroxylation is 1. The first kappa shape index (κ1) is 18.4. The maximum atomic E-state index is 11.7. The summed E-state index contributed by atoms with van der Waals surface area (Å²) in [6.45, 7) is 0.186. The van der Waals surface area contributed by atoms with Crippen molar-refractivity contribution in [2.45, 2.75) is 16.1 Å². The average Bonchev–Trinajstić information content (AvgIpc) is 2.86. The van der Waals surface area contributed by atoms with E-state index >= 15 is 0 Å². The van der Waals surface area contributed by atoms with E-state index in [9.17, 15) is 4.79 Å². The third kappa shape index (κ3) is 4.99. The van der Waals surface area contributed by atoms with Gasteiger partial charge < -0.3 is 20.4 Å². The predicted molar refractivity (Wildman–Crippen MR) is 87.3 cm³/mol. The number of anilines is 1. The van der Waals surface area contributed by atoms with Crippen LogP contribution >= 0.6 is 24.2 Å². The summed E-state index contributed by atoms with van der Waals surface area (Å²) in [6, 6.07) is 6.75. The number of carbonyl (C=O) groups is 1. The first-order valence-corrected chi connectivity index (χ1v) is 7.09. The number of methoxy groups -OCH3 is 1. The first-order valence-electron chi connectivity index (χ1n) is 6.27. The molecule has 22 heavy (non-hydrogen) atoms. The summed E-state index contributed by atoms with van der Waals surface area (Å²) in [5, 5.41) is 11.4. The molecular formula is C13H18ClN5O2S. The molecule has 0 bridgehead atoms. The van der Waals surface area contributed by atoms with Crippen LogP contribution in [-0.4, -0.2) is 40.4 Å². The van der Waals surface area contributed by atoms with Gasteiger partial charge in [0, 0.05) is 24.7 Å². The normalized spacial score (nSPS) is 11.6. The highest BCUT2D eigenvalue weighted by Gasteiger charge is 2.13. The number of nitrogens with zero attached hydrogens (tertiary/aromatic N) is 3. The van der Waals surface area contributed by atoms with Crippen LogP contribution in [0.1, 0.15) is 0 Å². The fourth-order valence-electron chi connectivity index (χ4n) is 1.57. The molecule has 0 saturated carbocycles. The molecule has 1 unspecified atom stereocenters. The lowest BCUT2D eigenvalue weighted by atomic mass is 10.2. The van der Waals surface area contributed by atoms with Gasteiger partial charge in [-0.15, -0.1) is 22.6 Å². The second-order valence-electron chi connectivity index (χ2n) is 4.40. The number of hydrogen-bond acceptors (Lipinski definition) is 6. The molecule has 9 heteroatoms. The summed E-state index contributed by atoms with van der Waals surface area (Å²) in [7, 11) is 3.39. The Hall–Kier alpha value is -1.61. The number of benzene rings is 1. The van der Waals surface area contributed by atoms with Gasteiger partial charge in [-0.1, -0.05) is 0 Å². The second kappa shape index (κ2) is 8.74.